The first-order valence-corrected chi connectivity index (χ1v) is 6.87. The lowest BCUT2D eigenvalue weighted by Gasteiger charge is -2.24. The number of halogens is 1. The highest BCUT2D eigenvalue weighted by atomic mass is 35.5. The van der Waals surface area contributed by atoms with Gasteiger partial charge in [0.15, 0.2) is 0 Å². The van der Waals surface area contributed by atoms with Crippen molar-refractivity contribution >= 4 is 17.4 Å². The van der Waals surface area contributed by atoms with Gasteiger partial charge in [0.2, 0.25) is 0 Å². The van der Waals surface area contributed by atoms with Crippen molar-refractivity contribution in [2.24, 2.45) is 17.6 Å². The van der Waals surface area contributed by atoms with Crippen LogP contribution in [0.5, 0.6) is 0 Å². The zero-order chi connectivity index (χ0) is 13.3. The number of carbonyl (C=O) groups is 1. The Morgan fingerprint density at radius 3 is 2.33 bits per heavy atom. The summed E-state index contributed by atoms with van der Waals surface area (Å²) in [5.74, 6) is 0.270. The van der Waals surface area contributed by atoms with Crippen LogP contribution in [0.15, 0.2) is 24.3 Å². The molecule has 1 aromatic carbocycles. The Hall–Kier alpha value is -0.860. The number of hydrogen-bond donors (Lipinski definition) is 1. The molecule has 1 saturated carbocycles. The first kappa shape index (κ1) is 13.6. The highest BCUT2D eigenvalue weighted by Gasteiger charge is 2.49. The maximum absolute atomic E-state index is 12.3. The Balaban J connectivity index is 2.15. The third-order valence-electron chi connectivity index (χ3n) is 3.79. The van der Waals surface area contributed by atoms with Gasteiger partial charge in [0, 0.05) is 22.4 Å². The Morgan fingerprint density at radius 1 is 1.33 bits per heavy atom. The summed E-state index contributed by atoms with van der Waals surface area (Å²) in [6.45, 7) is 3.89. The monoisotopic (exact) mass is 265 g/mol. The van der Waals surface area contributed by atoms with E-state index in [0.29, 0.717) is 0 Å². The standard InChI is InChI=1S/C15H20ClNO/c1-10(2)14(18)13(15(17)7-8-15)9-11-3-5-12(16)6-4-11/h3-6,10,13H,7-9,17H2,1-2H3. The molecule has 2 N–H and O–H groups in total. The van der Waals surface area contributed by atoms with Gasteiger partial charge in [-0.05, 0) is 37.0 Å². The summed E-state index contributed by atoms with van der Waals surface area (Å²) >= 11 is 5.87. The van der Waals surface area contributed by atoms with Gasteiger partial charge < -0.3 is 5.73 Å². The van der Waals surface area contributed by atoms with Gasteiger partial charge in [0.05, 0.1) is 0 Å². The largest absolute Gasteiger partial charge is 0.324 e. The summed E-state index contributed by atoms with van der Waals surface area (Å²) in [6, 6.07) is 7.69. The summed E-state index contributed by atoms with van der Waals surface area (Å²) in [7, 11) is 0. The van der Waals surface area contributed by atoms with Gasteiger partial charge in [-0.3, -0.25) is 4.79 Å². The molecule has 0 spiro atoms. The molecule has 3 heteroatoms. The van der Waals surface area contributed by atoms with E-state index in [1.165, 1.54) is 0 Å². The van der Waals surface area contributed by atoms with Crippen molar-refractivity contribution in [2.45, 2.75) is 38.6 Å². The fourth-order valence-electron chi connectivity index (χ4n) is 2.34. The third kappa shape index (κ3) is 2.93. The normalized spacial score (nSPS) is 18.7. The van der Waals surface area contributed by atoms with E-state index in [2.05, 4.69) is 0 Å². The minimum Gasteiger partial charge on any atom is -0.324 e. The summed E-state index contributed by atoms with van der Waals surface area (Å²) in [4.78, 5) is 12.3. The van der Waals surface area contributed by atoms with E-state index in [1.807, 2.05) is 38.1 Å². The molecule has 2 nitrogen and oxygen atoms in total. The Kier molecular flexibility index (Phi) is 3.79. The van der Waals surface area contributed by atoms with E-state index in [1.54, 1.807) is 0 Å². The molecule has 0 heterocycles. The van der Waals surface area contributed by atoms with E-state index in [-0.39, 0.29) is 23.2 Å². The highest BCUT2D eigenvalue weighted by Crippen LogP contribution is 2.42. The maximum Gasteiger partial charge on any atom is 0.140 e. The second-order valence-electron chi connectivity index (χ2n) is 5.67. The van der Waals surface area contributed by atoms with Crippen LogP contribution in [0.2, 0.25) is 5.02 Å². The number of rotatable bonds is 5. The molecule has 1 aliphatic rings. The molecule has 0 radical (unpaired) electrons. The zero-order valence-corrected chi connectivity index (χ0v) is 11.7. The molecule has 0 saturated heterocycles. The molecule has 0 amide bonds. The zero-order valence-electron chi connectivity index (χ0n) is 10.9. The van der Waals surface area contributed by atoms with E-state index in [0.717, 1.165) is 29.8 Å². The van der Waals surface area contributed by atoms with Crippen molar-refractivity contribution in [1.82, 2.24) is 0 Å². The van der Waals surface area contributed by atoms with Crippen molar-refractivity contribution < 1.29 is 4.79 Å². The average Bonchev–Trinajstić information content (AvgIpc) is 3.06. The van der Waals surface area contributed by atoms with Gasteiger partial charge in [-0.15, -0.1) is 0 Å². The summed E-state index contributed by atoms with van der Waals surface area (Å²) in [5, 5.41) is 0.722. The van der Waals surface area contributed by atoms with Crippen LogP contribution in [0.25, 0.3) is 0 Å². The molecule has 0 aliphatic heterocycles. The van der Waals surface area contributed by atoms with Gasteiger partial charge >= 0.3 is 0 Å². The van der Waals surface area contributed by atoms with Crippen molar-refractivity contribution in [3.05, 3.63) is 34.9 Å². The molecule has 0 aromatic heterocycles. The van der Waals surface area contributed by atoms with Crippen molar-refractivity contribution in [1.29, 1.82) is 0 Å². The lowest BCUT2D eigenvalue weighted by atomic mass is 9.83. The molecule has 98 valence electrons. The van der Waals surface area contributed by atoms with E-state index in [4.69, 9.17) is 17.3 Å². The minimum absolute atomic E-state index is 0.0447. The number of benzene rings is 1. The van der Waals surface area contributed by atoms with Crippen LogP contribution in [-0.4, -0.2) is 11.3 Å². The molecule has 1 aromatic rings. The van der Waals surface area contributed by atoms with Crippen LogP contribution in [0, 0.1) is 11.8 Å². The SMILES string of the molecule is CC(C)C(=O)C(Cc1ccc(Cl)cc1)C1(N)CC1. The minimum atomic E-state index is -0.263. The van der Waals surface area contributed by atoms with Gasteiger partial charge in [-0.1, -0.05) is 37.6 Å². The molecule has 1 atom stereocenters. The maximum atomic E-state index is 12.3. The molecular weight excluding hydrogens is 246 g/mol. The molecule has 2 rings (SSSR count). The second kappa shape index (κ2) is 5.02. The predicted molar refractivity (Wildman–Crippen MR) is 74.6 cm³/mol. The quantitative estimate of drug-likeness (QED) is 0.888. The summed E-state index contributed by atoms with van der Waals surface area (Å²) < 4.78 is 0. The molecule has 1 unspecified atom stereocenters. The van der Waals surface area contributed by atoms with Gasteiger partial charge in [0.25, 0.3) is 0 Å². The van der Waals surface area contributed by atoms with Crippen molar-refractivity contribution in [2.75, 3.05) is 0 Å². The molecule has 18 heavy (non-hydrogen) atoms. The fraction of sp³-hybridized carbons (Fsp3) is 0.533. The van der Waals surface area contributed by atoms with Crippen LogP contribution in [0.3, 0.4) is 0 Å². The van der Waals surface area contributed by atoms with Crippen LogP contribution in [-0.2, 0) is 11.2 Å². The Morgan fingerprint density at radius 2 is 1.89 bits per heavy atom. The summed E-state index contributed by atoms with van der Waals surface area (Å²) in [5.41, 5.74) is 7.13. The first-order chi connectivity index (χ1) is 8.42. The van der Waals surface area contributed by atoms with E-state index >= 15 is 0 Å². The second-order valence-corrected chi connectivity index (χ2v) is 6.11. The Bertz CT molecular complexity index is 434. The third-order valence-corrected chi connectivity index (χ3v) is 4.04. The number of Topliss-reactive ketones (excluding diaryl/α,β-unsaturated/α-hetero) is 1. The smallest absolute Gasteiger partial charge is 0.140 e. The molecule has 0 bridgehead atoms. The van der Waals surface area contributed by atoms with Crippen molar-refractivity contribution in [3.63, 3.8) is 0 Å². The first-order valence-electron chi connectivity index (χ1n) is 6.49. The van der Waals surface area contributed by atoms with Gasteiger partial charge in [-0.2, -0.15) is 0 Å². The number of nitrogens with two attached hydrogens (primary N) is 1. The molecule has 1 aliphatic carbocycles. The van der Waals surface area contributed by atoms with Crippen LogP contribution >= 0.6 is 11.6 Å². The van der Waals surface area contributed by atoms with E-state index in [9.17, 15) is 4.79 Å². The van der Waals surface area contributed by atoms with Crippen LogP contribution in [0.4, 0.5) is 0 Å². The van der Waals surface area contributed by atoms with Crippen LogP contribution in [0.1, 0.15) is 32.3 Å². The van der Waals surface area contributed by atoms with Gasteiger partial charge in [-0.25, -0.2) is 0 Å². The predicted octanol–water partition coefficient (Wildman–Crippen LogP) is 3.22. The lowest BCUT2D eigenvalue weighted by molar-refractivity contribution is -0.126. The summed E-state index contributed by atoms with van der Waals surface area (Å²) in [6.07, 6.45) is 2.65. The lowest BCUT2D eigenvalue weighted by Crippen LogP contribution is -2.41. The highest BCUT2D eigenvalue weighted by molar-refractivity contribution is 6.30. The number of carbonyl (C=O) groups excluding carboxylic acids is 1. The topological polar surface area (TPSA) is 43.1 Å². The molecule has 1 fully saturated rings. The van der Waals surface area contributed by atoms with Gasteiger partial charge in [0.1, 0.15) is 5.78 Å². The van der Waals surface area contributed by atoms with Crippen molar-refractivity contribution in [3.8, 4) is 0 Å². The molecular formula is C15H20ClNO. The average molecular weight is 266 g/mol. The fourth-order valence-corrected chi connectivity index (χ4v) is 2.46. The number of hydrogen-bond acceptors (Lipinski definition) is 2. The Labute approximate surface area is 114 Å². The van der Waals surface area contributed by atoms with E-state index < -0.39 is 0 Å². The van der Waals surface area contributed by atoms with Crippen LogP contribution < -0.4 is 5.73 Å². The number of ketones is 1.